The van der Waals surface area contributed by atoms with Gasteiger partial charge in [0, 0.05) is 20.6 Å². The van der Waals surface area contributed by atoms with E-state index in [4.69, 9.17) is 5.73 Å². The predicted octanol–water partition coefficient (Wildman–Crippen LogP) is 1.72. The molecule has 1 aromatic carbocycles. The second-order valence-corrected chi connectivity index (χ2v) is 4.76. The van der Waals surface area contributed by atoms with Crippen LogP contribution in [0.25, 0.3) is 0 Å². The standard InChI is InChI=1S/C14H17FN4O/c1-9-12(16)13(19(3)17-9)14(20)18(2)8-10-5-4-6-11(15)7-10/h4-7H,8,16H2,1-3H3. The molecule has 1 aromatic heterocycles. The number of hydrogen-bond donors (Lipinski definition) is 1. The number of halogens is 1. The van der Waals surface area contributed by atoms with Gasteiger partial charge in [-0.15, -0.1) is 0 Å². The zero-order valence-corrected chi connectivity index (χ0v) is 11.7. The van der Waals surface area contributed by atoms with Gasteiger partial charge >= 0.3 is 0 Å². The molecule has 2 aromatic rings. The Morgan fingerprint density at radius 3 is 2.75 bits per heavy atom. The summed E-state index contributed by atoms with van der Waals surface area (Å²) in [5.74, 6) is -0.561. The van der Waals surface area contributed by atoms with Gasteiger partial charge in [-0.25, -0.2) is 4.39 Å². The highest BCUT2D eigenvalue weighted by atomic mass is 19.1. The van der Waals surface area contributed by atoms with Crippen molar-refractivity contribution in [3.63, 3.8) is 0 Å². The summed E-state index contributed by atoms with van der Waals surface area (Å²) in [7, 11) is 3.32. The van der Waals surface area contributed by atoms with E-state index >= 15 is 0 Å². The molecular weight excluding hydrogens is 259 g/mol. The molecule has 2 rings (SSSR count). The molecule has 0 radical (unpaired) electrons. The van der Waals surface area contributed by atoms with Crippen molar-refractivity contribution in [2.75, 3.05) is 12.8 Å². The average Bonchev–Trinajstić information content (AvgIpc) is 2.62. The van der Waals surface area contributed by atoms with Gasteiger partial charge in [0.05, 0.1) is 11.4 Å². The summed E-state index contributed by atoms with van der Waals surface area (Å²) in [6.45, 7) is 2.05. The minimum atomic E-state index is -0.320. The number of rotatable bonds is 3. The first-order valence-electron chi connectivity index (χ1n) is 6.19. The third kappa shape index (κ3) is 2.64. The van der Waals surface area contributed by atoms with E-state index in [1.165, 1.54) is 21.7 Å². The highest BCUT2D eigenvalue weighted by molar-refractivity contribution is 5.97. The van der Waals surface area contributed by atoms with E-state index in [1.807, 2.05) is 0 Å². The maximum atomic E-state index is 13.1. The van der Waals surface area contributed by atoms with Crippen LogP contribution in [0, 0.1) is 12.7 Å². The lowest BCUT2D eigenvalue weighted by atomic mass is 10.2. The molecular formula is C14H17FN4O. The maximum absolute atomic E-state index is 13.1. The molecule has 0 saturated carbocycles. The van der Waals surface area contributed by atoms with E-state index in [2.05, 4.69) is 5.10 Å². The Kier molecular flexibility index (Phi) is 3.74. The first-order chi connectivity index (χ1) is 9.40. The lowest BCUT2D eigenvalue weighted by molar-refractivity contribution is 0.0775. The molecule has 106 valence electrons. The van der Waals surface area contributed by atoms with Crippen molar-refractivity contribution in [3.8, 4) is 0 Å². The smallest absolute Gasteiger partial charge is 0.274 e. The third-order valence-corrected chi connectivity index (χ3v) is 3.13. The number of benzene rings is 1. The van der Waals surface area contributed by atoms with Crippen molar-refractivity contribution in [2.24, 2.45) is 7.05 Å². The van der Waals surface area contributed by atoms with Gasteiger partial charge in [0.15, 0.2) is 0 Å². The molecule has 20 heavy (non-hydrogen) atoms. The first kappa shape index (κ1) is 14.0. The van der Waals surface area contributed by atoms with Gasteiger partial charge < -0.3 is 10.6 Å². The van der Waals surface area contributed by atoms with Crippen LogP contribution in [-0.4, -0.2) is 27.6 Å². The zero-order chi connectivity index (χ0) is 14.9. The fourth-order valence-electron chi connectivity index (χ4n) is 2.09. The van der Waals surface area contributed by atoms with E-state index < -0.39 is 0 Å². The van der Waals surface area contributed by atoms with E-state index in [1.54, 1.807) is 33.2 Å². The number of aryl methyl sites for hydroxylation is 2. The van der Waals surface area contributed by atoms with Crippen LogP contribution in [0.15, 0.2) is 24.3 Å². The molecule has 0 aliphatic heterocycles. The Labute approximate surface area is 116 Å². The Bertz CT molecular complexity index is 651. The number of nitrogen functional groups attached to an aromatic ring is 1. The SMILES string of the molecule is Cc1nn(C)c(C(=O)N(C)Cc2cccc(F)c2)c1N. The molecule has 0 bridgehead atoms. The summed E-state index contributed by atoms with van der Waals surface area (Å²) in [6, 6.07) is 6.16. The number of nitrogens with zero attached hydrogens (tertiary/aromatic N) is 3. The van der Waals surface area contributed by atoms with Gasteiger partial charge in [-0.3, -0.25) is 9.48 Å². The number of carbonyl (C=O) groups excluding carboxylic acids is 1. The number of aromatic nitrogens is 2. The second-order valence-electron chi connectivity index (χ2n) is 4.76. The van der Waals surface area contributed by atoms with Gasteiger partial charge in [0.25, 0.3) is 5.91 Å². The summed E-state index contributed by atoms with van der Waals surface area (Å²) in [5, 5.41) is 4.12. The summed E-state index contributed by atoms with van der Waals surface area (Å²) in [4.78, 5) is 13.9. The van der Waals surface area contributed by atoms with Crippen LogP contribution in [0.3, 0.4) is 0 Å². The van der Waals surface area contributed by atoms with Gasteiger partial charge in [0.1, 0.15) is 11.5 Å². The fourth-order valence-corrected chi connectivity index (χ4v) is 2.09. The first-order valence-corrected chi connectivity index (χ1v) is 6.19. The Morgan fingerprint density at radius 1 is 1.50 bits per heavy atom. The summed E-state index contributed by atoms with van der Waals surface area (Å²) in [6.07, 6.45) is 0. The Balaban J connectivity index is 2.21. The molecule has 0 aliphatic rings. The number of nitrogens with two attached hydrogens (primary N) is 1. The minimum Gasteiger partial charge on any atom is -0.395 e. The van der Waals surface area contributed by atoms with Crippen LogP contribution < -0.4 is 5.73 Å². The maximum Gasteiger partial charge on any atom is 0.274 e. The number of hydrogen-bond acceptors (Lipinski definition) is 3. The highest BCUT2D eigenvalue weighted by Gasteiger charge is 2.21. The van der Waals surface area contributed by atoms with Crippen molar-refractivity contribution in [3.05, 3.63) is 47.0 Å². The molecule has 0 spiro atoms. The average molecular weight is 276 g/mol. The predicted molar refractivity (Wildman–Crippen MR) is 74.6 cm³/mol. The summed E-state index contributed by atoms with van der Waals surface area (Å²) >= 11 is 0. The second kappa shape index (κ2) is 5.32. The van der Waals surface area contributed by atoms with E-state index in [-0.39, 0.29) is 11.7 Å². The van der Waals surface area contributed by atoms with Crippen LogP contribution in [0.5, 0.6) is 0 Å². The quantitative estimate of drug-likeness (QED) is 0.928. The normalized spacial score (nSPS) is 10.6. The number of carbonyl (C=O) groups is 1. The molecule has 2 N–H and O–H groups in total. The van der Waals surface area contributed by atoms with Crippen LogP contribution in [0.1, 0.15) is 21.7 Å². The third-order valence-electron chi connectivity index (χ3n) is 3.13. The minimum absolute atomic E-state index is 0.241. The monoisotopic (exact) mass is 276 g/mol. The van der Waals surface area contributed by atoms with Gasteiger partial charge in [-0.1, -0.05) is 12.1 Å². The zero-order valence-electron chi connectivity index (χ0n) is 11.7. The van der Waals surface area contributed by atoms with E-state index in [0.717, 1.165) is 5.56 Å². The lowest BCUT2D eigenvalue weighted by Crippen LogP contribution is -2.28. The van der Waals surface area contributed by atoms with Crippen molar-refractivity contribution >= 4 is 11.6 Å². The molecule has 1 heterocycles. The molecule has 0 aliphatic carbocycles. The molecule has 0 saturated heterocycles. The van der Waals surface area contributed by atoms with Crippen molar-refractivity contribution in [1.29, 1.82) is 0 Å². The topological polar surface area (TPSA) is 64.2 Å². The molecule has 0 fully saturated rings. The molecule has 5 nitrogen and oxygen atoms in total. The van der Waals surface area contributed by atoms with Crippen molar-refractivity contribution in [1.82, 2.24) is 14.7 Å². The highest BCUT2D eigenvalue weighted by Crippen LogP contribution is 2.18. The van der Waals surface area contributed by atoms with E-state index in [9.17, 15) is 9.18 Å². The number of amides is 1. The fraction of sp³-hybridized carbons (Fsp3) is 0.286. The largest absolute Gasteiger partial charge is 0.395 e. The van der Waals surface area contributed by atoms with Crippen LogP contribution in [0.4, 0.5) is 10.1 Å². The number of anilines is 1. The van der Waals surface area contributed by atoms with Crippen molar-refractivity contribution in [2.45, 2.75) is 13.5 Å². The van der Waals surface area contributed by atoms with Crippen LogP contribution in [0.2, 0.25) is 0 Å². The van der Waals surface area contributed by atoms with Crippen LogP contribution in [-0.2, 0) is 13.6 Å². The van der Waals surface area contributed by atoms with Gasteiger partial charge in [-0.05, 0) is 24.6 Å². The van der Waals surface area contributed by atoms with Crippen molar-refractivity contribution < 1.29 is 9.18 Å². The molecule has 0 unspecified atom stereocenters. The molecule has 6 heteroatoms. The Morgan fingerprint density at radius 2 is 2.20 bits per heavy atom. The summed E-state index contributed by atoms with van der Waals surface area (Å²) < 4.78 is 14.6. The van der Waals surface area contributed by atoms with Gasteiger partial charge in [0.2, 0.25) is 0 Å². The Hall–Kier alpha value is -2.37. The van der Waals surface area contributed by atoms with Gasteiger partial charge in [-0.2, -0.15) is 5.10 Å². The summed E-state index contributed by atoms with van der Waals surface area (Å²) in [5.41, 5.74) is 7.94. The van der Waals surface area contributed by atoms with Crippen LogP contribution >= 0.6 is 0 Å². The molecule has 0 atom stereocenters. The molecule has 1 amide bonds. The van der Waals surface area contributed by atoms with E-state index in [0.29, 0.717) is 23.6 Å². The lowest BCUT2D eigenvalue weighted by Gasteiger charge is -2.17.